The molecular weight excluding hydrogens is 323 g/mol. The molecule has 0 fully saturated rings. The van der Waals surface area contributed by atoms with Gasteiger partial charge in [0, 0.05) is 6.26 Å². The number of benzene rings is 1. The second-order valence-corrected chi connectivity index (χ2v) is 8.97. The van der Waals surface area contributed by atoms with Crippen LogP contribution in [0.5, 0.6) is 0 Å². The summed E-state index contributed by atoms with van der Waals surface area (Å²) in [5.41, 5.74) is -0.163. The van der Waals surface area contributed by atoms with Crippen molar-refractivity contribution in [3.63, 3.8) is 0 Å². The molecule has 0 aliphatic carbocycles. The molecule has 0 saturated carbocycles. The van der Waals surface area contributed by atoms with Gasteiger partial charge in [-0.05, 0) is 17.7 Å². The molecule has 118 valence electrons. The lowest BCUT2D eigenvalue weighted by Gasteiger charge is -2.06. The highest BCUT2D eigenvalue weighted by Gasteiger charge is 2.18. The zero-order chi connectivity index (χ0) is 16.3. The summed E-state index contributed by atoms with van der Waals surface area (Å²) in [7, 11) is -5.98. The van der Waals surface area contributed by atoms with Gasteiger partial charge in [-0.3, -0.25) is 0 Å². The Morgan fingerprint density at radius 2 is 1.81 bits per heavy atom. The zero-order valence-corrected chi connectivity index (χ0v) is 13.1. The van der Waals surface area contributed by atoms with Gasteiger partial charge in [0.15, 0.2) is 9.84 Å². The third-order valence-electron chi connectivity index (χ3n) is 2.59. The summed E-state index contributed by atoms with van der Waals surface area (Å²) in [5.74, 6) is -3.28. The first-order valence-electron chi connectivity index (χ1n) is 5.79. The van der Waals surface area contributed by atoms with Gasteiger partial charge in [0.2, 0.25) is 0 Å². The van der Waals surface area contributed by atoms with Crippen LogP contribution in [0.2, 0.25) is 0 Å². The highest BCUT2D eigenvalue weighted by Crippen LogP contribution is 2.14. The molecule has 0 aromatic heterocycles. The fourth-order valence-corrected chi connectivity index (χ4v) is 4.59. The lowest BCUT2D eigenvalue weighted by molar-refractivity contribution is 0.0595. The number of hydrogen-bond acceptors (Lipinski definition) is 6. The van der Waals surface area contributed by atoms with Crippen molar-refractivity contribution in [3.8, 4) is 0 Å². The van der Waals surface area contributed by atoms with E-state index in [1.807, 2.05) is 0 Å². The second-order valence-electron chi connectivity index (χ2n) is 4.53. The Kier molecular flexibility index (Phi) is 5.46. The van der Waals surface area contributed by atoms with Gasteiger partial charge in [-0.25, -0.2) is 26.0 Å². The Hall–Kier alpha value is -1.48. The van der Waals surface area contributed by atoms with E-state index in [2.05, 4.69) is 4.74 Å². The quantitative estimate of drug-likeness (QED) is 0.704. The molecule has 0 saturated heterocycles. The van der Waals surface area contributed by atoms with Crippen LogP contribution in [-0.4, -0.2) is 47.7 Å². The molecule has 21 heavy (non-hydrogen) atoms. The third kappa shape index (κ3) is 5.80. The molecule has 0 aliphatic rings. The number of hydrogen-bond donors (Lipinski definition) is 0. The Balaban J connectivity index is 2.89. The van der Waals surface area contributed by atoms with E-state index in [0.29, 0.717) is 0 Å². The molecule has 0 unspecified atom stereocenters. The Morgan fingerprint density at radius 1 is 1.19 bits per heavy atom. The topological polar surface area (TPSA) is 94.6 Å². The molecule has 0 bridgehead atoms. The number of rotatable bonds is 6. The SMILES string of the molecule is COC(=O)c1ccc(CS(=O)(=O)CCS(C)(=O)=O)cc1F. The van der Waals surface area contributed by atoms with E-state index in [4.69, 9.17) is 0 Å². The molecule has 0 aliphatic heterocycles. The molecule has 1 aromatic carbocycles. The smallest absolute Gasteiger partial charge is 0.340 e. The van der Waals surface area contributed by atoms with Crippen molar-refractivity contribution < 1.29 is 30.8 Å². The van der Waals surface area contributed by atoms with Crippen molar-refractivity contribution in [3.05, 3.63) is 35.1 Å². The number of methoxy groups -OCH3 is 1. The van der Waals surface area contributed by atoms with Crippen molar-refractivity contribution in [2.45, 2.75) is 5.75 Å². The molecule has 6 nitrogen and oxygen atoms in total. The number of halogens is 1. The highest BCUT2D eigenvalue weighted by atomic mass is 32.2. The van der Waals surface area contributed by atoms with Gasteiger partial charge in [-0.1, -0.05) is 6.07 Å². The van der Waals surface area contributed by atoms with Gasteiger partial charge in [0.05, 0.1) is 29.9 Å². The van der Waals surface area contributed by atoms with Crippen LogP contribution in [0.15, 0.2) is 18.2 Å². The van der Waals surface area contributed by atoms with Crippen molar-refractivity contribution in [1.82, 2.24) is 0 Å². The monoisotopic (exact) mass is 338 g/mol. The van der Waals surface area contributed by atoms with Gasteiger partial charge in [0.1, 0.15) is 15.7 Å². The Morgan fingerprint density at radius 3 is 2.29 bits per heavy atom. The van der Waals surface area contributed by atoms with Crippen LogP contribution in [0.4, 0.5) is 4.39 Å². The van der Waals surface area contributed by atoms with Gasteiger partial charge in [0.25, 0.3) is 0 Å². The lowest BCUT2D eigenvalue weighted by Crippen LogP contribution is -2.18. The Bertz CT molecular complexity index is 737. The predicted octanol–water partition coefficient (Wildman–Crippen LogP) is 0.572. The summed E-state index contributed by atoms with van der Waals surface area (Å²) < 4.78 is 63.4. The molecule has 0 radical (unpaired) electrons. The molecule has 0 N–H and O–H groups in total. The van der Waals surface area contributed by atoms with Crippen LogP contribution >= 0.6 is 0 Å². The van der Waals surface area contributed by atoms with Gasteiger partial charge >= 0.3 is 5.97 Å². The van der Waals surface area contributed by atoms with E-state index in [-0.39, 0.29) is 11.1 Å². The maximum absolute atomic E-state index is 13.6. The zero-order valence-electron chi connectivity index (χ0n) is 11.5. The lowest BCUT2D eigenvalue weighted by atomic mass is 10.1. The van der Waals surface area contributed by atoms with E-state index in [9.17, 15) is 26.0 Å². The van der Waals surface area contributed by atoms with Crippen LogP contribution in [0.3, 0.4) is 0 Å². The van der Waals surface area contributed by atoms with Gasteiger partial charge in [-0.15, -0.1) is 0 Å². The highest BCUT2D eigenvalue weighted by molar-refractivity contribution is 7.94. The van der Waals surface area contributed by atoms with Crippen molar-refractivity contribution >= 4 is 25.6 Å². The van der Waals surface area contributed by atoms with E-state index in [0.717, 1.165) is 25.5 Å². The number of carbonyl (C=O) groups excluding carboxylic acids is 1. The minimum atomic E-state index is -3.69. The first kappa shape index (κ1) is 17.6. The molecular formula is C12H15FO6S2. The molecule has 9 heteroatoms. The van der Waals surface area contributed by atoms with Crippen LogP contribution in [0.1, 0.15) is 15.9 Å². The molecule has 0 amide bonds. The van der Waals surface area contributed by atoms with Crippen LogP contribution in [0.25, 0.3) is 0 Å². The van der Waals surface area contributed by atoms with Gasteiger partial charge in [-0.2, -0.15) is 0 Å². The molecule has 0 spiro atoms. The fourth-order valence-electron chi connectivity index (χ4n) is 1.53. The normalized spacial score (nSPS) is 12.1. The summed E-state index contributed by atoms with van der Waals surface area (Å²) in [5, 5.41) is 0. The maximum atomic E-state index is 13.6. The van der Waals surface area contributed by atoms with Crippen molar-refractivity contribution in [2.24, 2.45) is 0 Å². The average molecular weight is 338 g/mol. The molecule has 1 rings (SSSR count). The largest absolute Gasteiger partial charge is 0.465 e. The van der Waals surface area contributed by atoms with Crippen LogP contribution < -0.4 is 0 Å². The van der Waals surface area contributed by atoms with Crippen molar-refractivity contribution in [1.29, 1.82) is 0 Å². The fraction of sp³-hybridized carbons (Fsp3) is 0.417. The van der Waals surface area contributed by atoms with Crippen LogP contribution in [-0.2, 0) is 30.2 Å². The number of ether oxygens (including phenoxy) is 1. The standard InChI is InChI=1S/C12H15FO6S2/c1-19-12(14)10-4-3-9(7-11(10)13)8-21(17,18)6-5-20(2,15)16/h3-4,7H,5-6,8H2,1-2H3. The van der Waals surface area contributed by atoms with E-state index >= 15 is 0 Å². The average Bonchev–Trinajstić information content (AvgIpc) is 2.35. The third-order valence-corrected chi connectivity index (χ3v) is 5.39. The summed E-state index contributed by atoms with van der Waals surface area (Å²) in [6.07, 6.45) is 0.938. The second kappa shape index (κ2) is 6.52. The summed E-state index contributed by atoms with van der Waals surface area (Å²) in [6.45, 7) is 0. The van der Waals surface area contributed by atoms with Crippen LogP contribution in [0, 0.1) is 5.82 Å². The minimum absolute atomic E-state index is 0.133. The summed E-state index contributed by atoms with van der Waals surface area (Å²) in [4.78, 5) is 11.2. The van der Waals surface area contributed by atoms with Gasteiger partial charge < -0.3 is 4.74 Å². The van der Waals surface area contributed by atoms with E-state index in [1.54, 1.807) is 0 Å². The molecule has 0 heterocycles. The number of carbonyl (C=O) groups is 1. The van der Waals surface area contributed by atoms with Crippen molar-refractivity contribution in [2.75, 3.05) is 24.9 Å². The number of sulfone groups is 2. The number of esters is 1. The first-order chi connectivity index (χ1) is 9.54. The molecule has 1 aromatic rings. The minimum Gasteiger partial charge on any atom is -0.465 e. The summed E-state index contributed by atoms with van der Waals surface area (Å²) >= 11 is 0. The maximum Gasteiger partial charge on any atom is 0.340 e. The molecule has 0 atom stereocenters. The summed E-state index contributed by atoms with van der Waals surface area (Å²) in [6, 6.07) is 3.33. The van der Waals surface area contributed by atoms with E-state index in [1.165, 1.54) is 6.07 Å². The Labute approximate surface area is 122 Å². The van der Waals surface area contributed by atoms with E-state index < -0.39 is 48.7 Å². The first-order valence-corrected chi connectivity index (χ1v) is 9.67. The predicted molar refractivity (Wildman–Crippen MR) is 74.9 cm³/mol.